The van der Waals surface area contributed by atoms with Crippen molar-refractivity contribution >= 4 is 11.8 Å². The Balaban J connectivity index is 2.17. The maximum atomic E-state index is 5.31. The molecule has 1 saturated heterocycles. The lowest BCUT2D eigenvalue weighted by molar-refractivity contribution is 0.0776. The molecular formula is C10H21NOS. The van der Waals surface area contributed by atoms with E-state index in [4.69, 9.17) is 4.74 Å². The molecule has 3 heteroatoms. The van der Waals surface area contributed by atoms with Crippen molar-refractivity contribution in [1.82, 2.24) is 5.32 Å². The fourth-order valence-corrected chi connectivity index (χ4v) is 1.59. The molecule has 1 aliphatic rings. The van der Waals surface area contributed by atoms with Crippen LogP contribution in [0.15, 0.2) is 0 Å². The second-order valence-electron chi connectivity index (χ2n) is 4.23. The van der Waals surface area contributed by atoms with Gasteiger partial charge in [-0.3, -0.25) is 0 Å². The maximum absolute atomic E-state index is 5.31. The monoisotopic (exact) mass is 203 g/mol. The number of hydrogen-bond acceptors (Lipinski definition) is 3. The Morgan fingerprint density at radius 3 is 2.54 bits per heavy atom. The fourth-order valence-electron chi connectivity index (χ4n) is 1.36. The molecule has 1 aliphatic heterocycles. The standard InChI is InChI=1S/C10H21NOS/c1-10(2,13-3)8-11-9-4-6-12-7-5-9/h9,11H,4-8H2,1-3H3. The van der Waals surface area contributed by atoms with E-state index in [1.807, 2.05) is 11.8 Å². The van der Waals surface area contributed by atoms with Crippen molar-refractivity contribution in [1.29, 1.82) is 0 Å². The molecule has 0 spiro atoms. The van der Waals surface area contributed by atoms with Crippen LogP contribution < -0.4 is 5.32 Å². The minimum atomic E-state index is 0.359. The van der Waals surface area contributed by atoms with Crippen LogP contribution in [0.25, 0.3) is 0 Å². The van der Waals surface area contributed by atoms with Gasteiger partial charge in [-0.25, -0.2) is 0 Å². The van der Waals surface area contributed by atoms with E-state index in [9.17, 15) is 0 Å². The van der Waals surface area contributed by atoms with Gasteiger partial charge in [0.05, 0.1) is 0 Å². The molecule has 1 rings (SSSR count). The molecule has 0 saturated carbocycles. The van der Waals surface area contributed by atoms with Crippen molar-refractivity contribution in [3.63, 3.8) is 0 Å². The van der Waals surface area contributed by atoms with Crippen LogP contribution in [0.1, 0.15) is 26.7 Å². The Labute approximate surface area is 85.8 Å². The van der Waals surface area contributed by atoms with Crippen LogP contribution >= 0.6 is 11.8 Å². The number of nitrogens with one attached hydrogen (secondary N) is 1. The van der Waals surface area contributed by atoms with E-state index in [-0.39, 0.29) is 0 Å². The molecule has 1 N–H and O–H groups in total. The minimum absolute atomic E-state index is 0.359. The third-order valence-electron chi connectivity index (χ3n) is 2.59. The summed E-state index contributed by atoms with van der Waals surface area (Å²) in [6.07, 6.45) is 4.51. The van der Waals surface area contributed by atoms with Gasteiger partial charge in [0.2, 0.25) is 0 Å². The zero-order valence-electron chi connectivity index (χ0n) is 8.93. The van der Waals surface area contributed by atoms with Gasteiger partial charge in [0.1, 0.15) is 0 Å². The lowest BCUT2D eigenvalue weighted by atomic mass is 10.1. The fraction of sp³-hybridized carbons (Fsp3) is 1.00. The second-order valence-corrected chi connectivity index (χ2v) is 5.74. The first-order valence-corrected chi connectivity index (χ1v) is 6.23. The van der Waals surface area contributed by atoms with Crippen LogP contribution in [0, 0.1) is 0 Å². The molecule has 1 heterocycles. The van der Waals surface area contributed by atoms with Crippen molar-refractivity contribution in [2.45, 2.75) is 37.5 Å². The van der Waals surface area contributed by atoms with Gasteiger partial charge in [-0.1, -0.05) is 0 Å². The molecule has 13 heavy (non-hydrogen) atoms. The first kappa shape index (κ1) is 11.3. The van der Waals surface area contributed by atoms with Gasteiger partial charge in [-0.05, 0) is 32.9 Å². The first-order valence-electron chi connectivity index (χ1n) is 5.00. The molecule has 78 valence electrons. The summed E-state index contributed by atoms with van der Waals surface area (Å²) in [5.41, 5.74) is 0. The lowest BCUT2D eigenvalue weighted by Crippen LogP contribution is -2.41. The summed E-state index contributed by atoms with van der Waals surface area (Å²) in [6.45, 7) is 7.52. The van der Waals surface area contributed by atoms with E-state index in [0.717, 1.165) is 19.8 Å². The Morgan fingerprint density at radius 1 is 1.38 bits per heavy atom. The number of hydrogen-bond donors (Lipinski definition) is 1. The molecule has 2 nitrogen and oxygen atoms in total. The summed E-state index contributed by atoms with van der Waals surface area (Å²) in [5.74, 6) is 0. The van der Waals surface area contributed by atoms with Crippen molar-refractivity contribution in [3.8, 4) is 0 Å². The zero-order valence-corrected chi connectivity index (χ0v) is 9.75. The molecule has 0 aromatic heterocycles. The van der Waals surface area contributed by atoms with Gasteiger partial charge in [-0.15, -0.1) is 0 Å². The summed E-state index contributed by atoms with van der Waals surface area (Å²) in [6, 6.07) is 0.681. The Morgan fingerprint density at radius 2 is 2.00 bits per heavy atom. The van der Waals surface area contributed by atoms with Gasteiger partial charge >= 0.3 is 0 Å². The molecule has 0 aromatic rings. The smallest absolute Gasteiger partial charge is 0.0480 e. The molecule has 0 radical (unpaired) electrons. The first-order chi connectivity index (χ1) is 6.14. The molecule has 0 aromatic carbocycles. The third-order valence-corrected chi connectivity index (χ3v) is 3.84. The van der Waals surface area contributed by atoms with Crippen molar-refractivity contribution in [2.24, 2.45) is 0 Å². The third kappa shape index (κ3) is 4.34. The highest BCUT2D eigenvalue weighted by molar-refractivity contribution is 7.99. The number of rotatable bonds is 4. The topological polar surface area (TPSA) is 21.3 Å². The van der Waals surface area contributed by atoms with Gasteiger partial charge in [0.25, 0.3) is 0 Å². The predicted molar refractivity (Wildman–Crippen MR) is 59.4 cm³/mol. The predicted octanol–water partition coefficient (Wildman–Crippen LogP) is 1.90. The van der Waals surface area contributed by atoms with Crippen LogP contribution in [-0.2, 0) is 4.74 Å². The average molecular weight is 203 g/mol. The van der Waals surface area contributed by atoms with Crippen LogP contribution in [0.4, 0.5) is 0 Å². The van der Waals surface area contributed by atoms with Gasteiger partial charge in [0.15, 0.2) is 0 Å². The highest BCUT2D eigenvalue weighted by Gasteiger charge is 2.19. The van der Waals surface area contributed by atoms with E-state index in [1.54, 1.807) is 0 Å². The largest absolute Gasteiger partial charge is 0.381 e. The Bertz CT molecular complexity index is 144. The molecule has 0 aliphatic carbocycles. The molecule has 0 amide bonds. The molecular weight excluding hydrogens is 182 g/mol. The van der Waals surface area contributed by atoms with Gasteiger partial charge in [0, 0.05) is 30.5 Å². The Kier molecular flexibility index (Phi) is 4.56. The molecule has 0 unspecified atom stereocenters. The number of thioether (sulfide) groups is 1. The van der Waals surface area contributed by atoms with Gasteiger partial charge < -0.3 is 10.1 Å². The van der Waals surface area contributed by atoms with E-state index < -0.39 is 0 Å². The lowest BCUT2D eigenvalue weighted by Gasteiger charge is -2.28. The molecule has 1 fully saturated rings. The minimum Gasteiger partial charge on any atom is -0.381 e. The summed E-state index contributed by atoms with van der Waals surface area (Å²) in [4.78, 5) is 0. The van der Waals surface area contributed by atoms with Crippen LogP contribution in [-0.4, -0.2) is 36.8 Å². The Hall–Kier alpha value is 0.270. The maximum Gasteiger partial charge on any atom is 0.0480 e. The summed E-state index contributed by atoms with van der Waals surface area (Å²) >= 11 is 1.92. The second kappa shape index (κ2) is 5.23. The van der Waals surface area contributed by atoms with Crippen LogP contribution in [0.3, 0.4) is 0 Å². The molecule has 0 bridgehead atoms. The highest BCUT2D eigenvalue weighted by Crippen LogP contribution is 2.20. The van der Waals surface area contributed by atoms with Crippen molar-refractivity contribution < 1.29 is 4.74 Å². The molecule has 0 atom stereocenters. The van der Waals surface area contributed by atoms with E-state index in [0.29, 0.717) is 10.8 Å². The van der Waals surface area contributed by atoms with Crippen LogP contribution in [0.5, 0.6) is 0 Å². The normalized spacial score (nSPS) is 20.5. The van der Waals surface area contributed by atoms with Crippen LogP contribution in [0.2, 0.25) is 0 Å². The summed E-state index contributed by atoms with van der Waals surface area (Å²) < 4.78 is 5.67. The average Bonchev–Trinajstić information content (AvgIpc) is 2.17. The van der Waals surface area contributed by atoms with E-state index in [2.05, 4.69) is 25.4 Å². The summed E-state index contributed by atoms with van der Waals surface area (Å²) in [7, 11) is 0. The van der Waals surface area contributed by atoms with Crippen molar-refractivity contribution in [3.05, 3.63) is 0 Å². The number of ether oxygens (including phenoxy) is 1. The quantitative estimate of drug-likeness (QED) is 0.754. The summed E-state index contributed by atoms with van der Waals surface area (Å²) in [5, 5.41) is 3.61. The highest BCUT2D eigenvalue weighted by atomic mass is 32.2. The van der Waals surface area contributed by atoms with E-state index >= 15 is 0 Å². The van der Waals surface area contributed by atoms with Crippen molar-refractivity contribution in [2.75, 3.05) is 26.0 Å². The SMILES string of the molecule is CSC(C)(C)CNC1CCOCC1. The van der Waals surface area contributed by atoms with Gasteiger partial charge in [-0.2, -0.15) is 11.8 Å². The zero-order chi connectivity index (χ0) is 9.73. The van der Waals surface area contributed by atoms with E-state index in [1.165, 1.54) is 12.8 Å².